The van der Waals surface area contributed by atoms with Crippen molar-refractivity contribution in [1.82, 2.24) is 4.57 Å². The zero-order valence-electron chi connectivity index (χ0n) is 34.6. The molecule has 1 unspecified atom stereocenters. The van der Waals surface area contributed by atoms with Crippen LogP contribution in [0.3, 0.4) is 0 Å². The molecule has 1 aliphatic carbocycles. The van der Waals surface area contributed by atoms with Gasteiger partial charge in [0.2, 0.25) is 0 Å². The van der Waals surface area contributed by atoms with Crippen LogP contribution in [0, 0.1) is 0 Å². The first-order chi connectivity index (χ1) is 31.7. The predicted molar refractivity (Wildman–Crippen MR) is 269 cm³/mol. The quantitative estimate of drug-likeness (QED) is 0.173. The van der Waals surface area contributed by atoms with Crippen LogP contribution < -0.4 is 0 Å². The molecule has 64 heavy (non-hydrogen) atoms. The molecule has 1 atom stereocenters. The highest BCUT2D eigenvalue weighted by Crippen LogP contribution is 2.44. The van der Waals surface area contributed by atoms with E-state index in [0.29, 0.717) is 5.92 Å². The minimum absolute atomic E-state index is 0.328. The maximum absolute atomic E-state index is 6.41. The molecule has 0 amide bonds. The summed E-state index contributed by atoms with van der Waals surface area (Å²) in [6.45, 7) is 0. The lowest BCUT2D eigenvalue weighted by Gasteiger charge is -2.17. The van der Waals surface area contributed by atoms with E-state index in [1.165, 1.54) is 91.9 Å². The second kappa shape index (κ2) is 13.8. The summed E-state index contributed by atoms with van der Waals surface area (Å²) in [7, 11) is 0. The molecule has 4 heteroatoms. The molecule has 0 N–H and O–H groups in total. The van der Waals surface area contributed by atoms with Gasteiger partial charge in [-0.05, 0) is 136 Å². The fourth-order valence-electron chi connectivity index (χ4n) is 10.4. The first-order valence-corrected chi connectivity index (χ1v) is 22.8. The van der Waals surface area contributed by atoms with Gasteiger partial charge in [0.25, 0.3) is 0 Å². The van der Waals surface area contributed by atoms with Gasteiger partial charge in [0.1, 0.15) is 22.5 Å². The highest BCUT2D eigenvalue weighted by atomic mass is 32.1. The van der Waals surface area contributed by atoms with Gasteiger partial charge >= 0.3 is 0 Å². The van der Waals surface area contributed by atoms with Crippen molar-refractivity contribution >= 4 is 92.3 Å². The van der Waals surface area contributed by atoms with Crippen LogP contribution in [0.25, 0.3) is 120 Å². The van der Waals surface area contributed by atoms with E-state index in [-0.39, 0.29) is 0 Å². The summed E-state index contributed by atoms with van der Waals surface area (Å²) in [5.41, 5.74) is 16.1. The molecule has 0 spiro atoms. The zero-order valence-corrected chi connectivity index (χ0v) is 35.4. The Morgan fingerprint density at radius 2 is 0.953 bits per heavy atom. The zero-order chi connectivity index (χ0) is 41.9. The highest BCUT2D eigenvalue weighted by molar-refractivity contribution is 7.25. The van der Waals surface area contributed by atoms with Gasteiger partial charge in [-0.1, -0.05) is 115 Å². The summed E-state index contributed by atoms with van der Waals surface area (Å²) in [4.78, 5) is 0. The van der Waals surface area contributed by atoms with Crippen molar-refractivity contribution in [2.24, 2.45) is 0 Å². The van der Waals surface area contributed by atoms with Crippen LogP contribution in [-0.2, 0) is 6.42 Å². The SMILES string of the molecule is C1=CC(c2ccccc2)Cc2c1oc1ccc(-c3ccc4c(c3)c3cc5c(cc3n4-c3ccccc3)sc3ccc(-c4ccc6oc7ccc(-c8ccccc8)cc7c6c4)cc35)cc21. The normalized spacial score (nSPS) is 14.0. The average Bonchev–Trinajstić information content (AvgIpc) is 4.11. The molecule has 4 aromatic heterocycles. The fourth-order valence-corrected chi connectivity index (χ4v) is 11.5. The monoisotopic (exact) mass is 835 g/mol. The van der Waals surface area contributed by atoms with Crippen molar-refractivity contribution in [2.45, 2.75) is 12.3 Å². The standard InChI is InChI=1S/C60H37NO2S/c1-4-10-36(11-5-1)38-17-23-55-47(29-38)49-31-41(19-25-57(49)62-55)40-16-22-53-45(28-40)46-34-52-51-33-43(21-27-59(51)64-60(52)35-54(46)61(53)44-14-8-3-9-15-44)42-20-26-58-50(32-42)48-30-39(18-24-56(48)63-58)37-12-6-2-7-13-37/h1-28,30-35,38H,29H2. The van der Waals surface area contributed by atoms with Gasteiger partial charge < -0.3 is 13.4 Å². The van der Waals surface area contributed by atoms with Crippen LogP contribution in [0.1, 0.15) is 22.8 Å². The number of para-hydroxylation sites is 1. The fraction of sp³-hybridized carbons (Fsp3) is 0.0333. The smallest absolute Gasteiger partial charge is 0.135 e. The Labute approximate surface area is 372 Å². The van der Waals surface area contributed by atoms with E-state index in [2.05, 4.69) is 211 Å². The van der Waals surface area contributed by atoms with E-state index < -0.39 is 0 Å². The minimum atomic E-state index is 0.328. The topological polar surface area (TPSA) is 31.2 Å². The van der Waals surface area contributed by atoms with Crippen molar-refractivity contribution < 1.29 is 8.83 Å². The molecule has 0 radical (unpaired) electrons. The number of nitrogens with zero attached hydrogens (tertiary/aromatic N) is 1. The first kappa shape index (κ1) is 35.7. The number of hydrogen-bond donors (Lipinski definition) is 0. The molecule has 4 heterocycles. The molecule has 9 aromatic carbocycles. The van der Waals surface area contributed by atoms with Crippen LogP contribution in [0.2, 0.25) is 0 Å². The highest BCUT2D eigenvalue weighted by Gasteiger charge is 2.23. The Kier molecular flexibility index (Phi) is 7.68. The summed E-state index contributed by atoms with van der Waals surface area (Å²) in [5.74, 6) is 1.30. The van der Waals surface area contributed by atoms with Gasteiger partial charge in [-0.3, -0.25) is 0 Å². The molecular weight excluding hydrogens is 799 g/mol. The van der Waals surface area contributed by atoms with Gasteiger partial charge in [0, 0.05) is 64.3 Å². The molecule has 0 aliphatic heterocycles. The van der Waals surface area contributed by atoms with Gasteiger partial charge in [0.15, 0.2) is 0 Å². The Bertz CT molecular complexity index is 4030. The first-order valence-electron chi connectivity index (χ1n) is 22.0. The summed E-state index contributed by atoms with van der Waals surface area (Å²) in [5, 5.41) is 8.50. The molecule has 13 aromatic rings. The van der Waals surface area contributed by atoms with E-state index >= 15 is 0 Å². The maximum Gasteiger partial charge on any atom is 0.135 e. The van der Waals surface area contributed by atoms with E-state index in [1.807, 2.05) is 11.3 Å². The lowest BCUT2D eigenvalue weighted by molar-refractivity contribution is 0.592. The molecule has 0 saturated heterocycles. The molecular formula is C60H37NO2S. The van der Waals surface area contributed by atoms with Gasteiger partial charge in [0.05, 0.1) is 11.0 Å². The van der Waals surface area contributed by atoms with Crippen LogP contribution in [0.5, 0.6) is 0 Å². The Balaban J connectivity index is 0.909. The van der Waals surface area contributed by atoms with Crippen LogP contribution in [-0.4, -0.2) is 4.57 Å². The third-order valence-corrected chi connectivity index (χ3v) is 14.7. The number of fused-ring (bicyclic) bond motifs is 12. The molecule has 0 fully saturated rings. The molecule has 0 saturated carbocycles. The maximum atomic E-state index is 6.41. The average molecular weight is 836 g/mol. The number of rotatable bonds is 5. The van der Waals surface area contributed by atoms with Gasteiger partial charge in [-0.15, -0.1) is 11.3 Å². The molecule has 300 valence electrons. The van der Waals surface area contributed by atoms with Crippen LogP contribution >= 0.6 is 11.3 Å². The number of furan rings is 2. The molecule has 1 aliphatic rings. The van der Waals surface area contributed by atoms with Crippen molar-refractivity contribution in [3.8, 4) is 39.1 Å². The van der Waals surface area contributed by atoms with Crippen molar-refractivity contribution in [2.75, 3.05) is 0 Å². The number of aromatic nitrogens is 1. The minimum Gasteiger partial charge on any atom is -0.456 e. The van der Waals surface area contributed by atoms with E-state index in [9.17, 15) is 0 Å². The largest absolute Gasteiger partial charge is 0.456 e. The van der Waals surface area contributed by atoms with Crippen molar-refractivity contribution in [3.63, 3.8) is 0 Å². The lowest BCUT2D eigenvalue weighted by atomic mass is 9.86. The van der Waals surface area contributed by atoms with E-state index in [4.69, 9.17) is 8.83 Å². The lowest BCUT2D eigenvalue weighted by Crippen LogP contribution is -2.04. The molecule has 3 nitrogen and oxygen atoms in total. The van der Waals surface area contributed by atoms with Gasteiger partial charge in [-0.2, -0.15) is 0 Å². The number of benzene rings is 9. The van der Waals surface area contributed by atoms with Crippen LogP contribution in [0.15, 0.2) is 209 Å². The predicted octanol–water partition coefficient (Wildman–Crippen LogP) is 17.2. The Hall–Kier alpha value is -7.92. The summed E-state index contributed by atoms with van der Waals surface area (Å²) >= 11 is 1.87. The molecule has 0 bridgehead atoms. The van der Waals surface area contributed by atoms with Crippen molar-refractivity contribution in [1.29, 1.82) is 0 Å². The van der Waals surface area contributed by atoms with Gasteiger partial charge in [-0.25, -0.2) is 0 Å². The summed E-state index contributed by atoms with van der Waals surface area (Å²) < 4.78 is 17.8. The summed E-state index contributed by atoms with van der Waals surface area (Å²) in [6.07, 6.45) is 5.38. The Morgan fingerprint density at radius 1 is 0.406 bits per heavy atom. The second-order valence-electron chi connectivity index (χ2n) is 17.2. The second-order valence-corrected chi connectivity index (χ2v) is 18.3. The third kappa shape index (κ3) is 5.52. The molecule has 14 rings (SSSR count). The number of allylic oxidation sites excluding steroid dienone is 1. The third-order valence-electron chi connectivity index (χ3n) is 13.6. The number of hydrogen-bond acceptors (Lipinski definition) is 3. The Morgan fingerprint density at radius 3 is 1.67 bits per heavy atom. The summed E-state index contributed by atoms with van der Waals surface area (Å²) in [6, 6.07) is 70.8. The van der Waals surface area contributed by atoms with Crippen molar-refractivity contribution in [3.05, 3.63) is 217 Å². The van der Waals surface area contributed by atoms with Crippen LogP contribution in [0.4, 0.5) is 0 Å². The van der Waals surface area contributed by atoms with E-state index in [0.717, 1.165) is 45.4 Å². The number of thiophene rings is 1. The van der Waals surface area contributed by atoms with E-state index in [1.54, 1.807) is 0 Å².